The fraction of sp³-hybridized carbons (Fsp3) is 1.00. The highest BCUT2D eigenvalue weighted by Crippen LogP contribution is 2.19. The Morgan fingerprint density at radius 1 is 1.41 bits per heavy atom. The fourth-order valence-electron chi connectivity index (χ4n) is 2.54. The van der Waals surface area contributed by atoms with Gasteiger partial charge in [-0.2, -0.15) is 0 Å². The normalized spacial score (nSPS) is 25.8. The Morgan fingerprint density at radius 2 is 2.18 bits per heavy atom. The van der Waals surface area contributed by atoms with Crippen molar-refractivity contribution < 1.29 is 5.11 Å². The number of nitrogens with zero attached hydrogens (tertiary/aromatic N) is 1. The highest BCUT2D eigenvalue weighted by molar-refractivity contribution is 4.81. The van der Waals surface area contributed by atoms with E-state index in [1.807, 2.05) is 6.92 Å². The van der Waals surface area contributed by atoms with Crippen molar-refractivity contribution in [1.29, 1.82) is 0 Å². The molecule has 0 aromatic carbocycles. The zero-order valence-corrected chi connectivity index (χ0v) is 11.8. The summed E-state index contributed by atoms with van der Waals surface area (Å²) in [6, 6.07) is 0. The van der Waals surface area contributed by atoms with Gasteiger partial charge in [0.1, 0.15) is 0 Å². The van der Waals surface area contributed by atoms with Gasteiger partial charge in [-0.05, 0) is 58.2 Å². The zero-order chi connectivity index (χ0) is 12.7. The van der Waals surface area contributed by atoms with Crippen LogP contribution in [0.1, 0.15) is 46.5 Å². The van der Waals surface area contributed by atoms with E-state index in [0.29, 0.717) is 0 Å². The molecule has 1 aliphatic heterocycles. The molecule has 0 saturated carbocycles. The van der Waals surface area contributed by atoms with E-state index in [2.05, 4.69) is 24.1 Å². The first-order chi connectivity index (χ1) is 8.07. The molecule has 1 aliphatic rings. The van der Waals surface area contributed by atoms with Gasteiger partial charge in [-0.3, -0.25) is 0 Å². The van der Waals surface area contributed by atoms with E-state index in [9.17, 15) is 5.11 Å². The Labute approximate surface area is 107 Å². The van der Waals surface area contributed by atoms with Crippen molar-refractivity contribution in [2.75, 3.05) is 32.7 Å². The van der Waals surface area contributed by atoms with Gasteiger partial charge in [-0.25, -0.2) is 0 Å². The Bertz CT molecular complexity index is 206. The summed E-state index contributed by atoms with van der Waals surface area (Å²) in [6.45, 7) is 11.6. The molecule has 0 aromatic heterocycles. The third-order valence-electron chi connectivity index (χ3n) is 3.79. The number of rotatable bonds is 7. The van der Waals surface area contributed by atoms with Crippen molar-refractivity contribution in [3.8, 4) is 0 Å². The highest BCUT2D eigenvalue weighted by atomic mass is 16.3. The lowest BCUT2D eigenvalue weighted by Crippen LogP contribution is -2.46. The predicted octanol–water partition coefficient (Wildman–Crippen LogP) is 1.86. The van der Waals surface area contributed by atoms with Crippen LogP contribution in [-0.2, 0) is 0 Å². The van der Waals surface area contributed by atoms with Gasteiger partial charge in [0.25, 0.3) is 0 Å². The summed E-state index contributed by atoms with van der Waals surface area (Å²) in [5.74, 6) is 0.767. The third kappa shape index (κ3) is 5.84. The second kappa shape index (κ2) is 7.34. The molecule has 1 fully saturated rings. The van der Waals surface area contributed by atoms with E-state index in [1.165, 1.54) is 19.3 Å². The summed E-state index contributed by atoms with van der Waals surface area (Å²) < 4.78 is 0. The maximum absolute atomic E-state index is 10.1. The first kappa shape index (κ1) is 14.9. The largest absolute Gasteiger partial charge is 0.389 e. The Balaban J connectivity index is 2.28. The molecule has 1 heterocycles. The van der Waals surface area contributed by atoms with E-state index in [1.54, 1.807) is 0 Å². The van der Waals surface area contributed by atoms with Crippen LogP contribution in [-0.4, -0.2) is 48.3 Å². The van der Waals surface area contributed by atoms with Crippen molar-refractivity contribution >= 4 is 0 Å². The van der Waals surface area contributed by atoms with Crippen LogP contribution in [0.4, 0.5) is 0 Å². The van der Waals surface area contributed by atoms with Crippen molar-refractivity contribution in [2.24, 2.45) is 5.92 Å². The van der Waals surface area contributed by atoms with Crippen molar-refractivity contribution in [3.63, 3.8) is 0 Å². The van der Waals surface area contributed by atoms with Crippen LogP contribution in [0.25, 0.3) is 0 Å². The van der Waals surface area contributed by atoms with Gasteiger partial charge >= 0.3 is 0 Å². The number of hydrogen-bond donors (Lipinski definition) is 2. The van der Waals surface area contributed by atoms with Crippen molar-refractivity contribution in [2.45, 2.75) is 52.1 Å². The Morgan fingerprint density at radius 3 is 2.82 bits per heavy atom. The second-order valence-corrected chi connectivity index (χ2v) is 5.80. The maximum atomic E-state index is 10.1. The fourth-order valence-corrected chi connectivity index (χ4v) is 2.54. The van der Waals surface area contributed by atoms with E-state index >= 15 is 0 Å². The minimum atomic E-state index is -0.515. The quantitative estimate of drug-likeness (QED) is 0.669. The molecule has 2 atom stereocenters. The summed E-state index contributed by atoms with van der Waals surface area (Å²) in [5, 5.41) is 13.6. The molecule has 1 rings (SSSR count). The van der Waals surface area contributed by atoms with Gasteiger partial charge in [0, 0.05) is 13.1 Å². The second-order valence-electron chi connectivity index (χ2n) is 5.80. The van der Waals surface area contributed by atoms with Crippen LogP contribution >= 0.6 is 0 Å². The lowest BCUT2D eigenvalue weighted by molar-refractivity contribution is 0.00421. The van der Waals surface area contributed by atoms with Crippen LogP contribution in [0.2, 0.25) is 0 Å². The molecule has 0 amide bonds. The highest BCUT2D eigenvalue weighted by Gasteiger charge is 2.26. The molecular weight excluding hydrogens is 212 g/mol. The molecule has 0 bridgehead atoms. The first-order valence-electron chi connectivity index (χ1n) is 7.23. The van der Waals surface area contributed by atoms with Gasteiger partial charge in [0.05, 0.1) is 5.60 Å². The summed E-state index contributed by atoms with van der Waals surface area (Å²) in [7, 11) is 0. The predicted molar refractivity (Wildman–Crippen MR) is 73.2 cm³/mol. The number of piperidine rings is 1. The Hall–Kier alpha value is -0.120. The van der Waals surface area contributed by atoms with Crippen LogP contribution in [0, 0.1) is 5.92 Å². The van der Waals surface area contributed by atoms with Gasteiger partial charge < -0.3 is 15.3 Å². The van der Waals surface area contributed by atoms with Gasteiger partial charge in [-0.15, -0.1) is 0 Å². The lowest BCUT2D eigenvalue weighted by Gasteiger charge is -2.37. The molecule has 0 aliphatic carbocycles. The van der Waals surface area contributed by atoms with Gasteiger partial charge in [0.2, 0.25) is 0 Å². The molecule has 0 spiro atoms. The minimum Gasteiger partial charge on any atom is -0.389 e. The first-order valence-corrected chi connectivity index (χ1v) is 7.23. The molecule has 0 radical (unpaired) electrons. The van der Waals surface area contributed by atoms with Crippen molar-refractivity contribution in [1.82, 2.24) is 10.2 Å². The molecule has 1 saturated heterocycles. The van der Waals surface area contributed by atoms with Gasteiger partial charge in [-0.1, -0.05) is 13.8 Å². The number of β-amino-alcohol motifs (C(OH)–C–C–N with tert-alkyl or cyclic N) is 1. The smallest absolute Gasteiger partial charge is 0.0743 e. The number of nitrogens with one attached hydrogen (secondary N) is 1. The number of aliphatic hydroxyl groups is 1. The van der Waals surface area contributed by atoms with Crippen LogP contribution in [0.3, 0.4) is 0 Å². The lowest BCUT2D eigenvalue weighted by atomic mass is 9.95. The molecule has 3 nitrogen and oxygen atoms in total. The number of hydrogen-bond acceptors (Lipinski definition) is 3. The van der Waals surface area contributed by atoms with Crippen molar-refractivity contribution in [3.05, 3.63) is 0 Å². The average molecular weight is 242 g/mol. The molecule has 0 aromatic rings. The maximum Gasteiger partial charge on any atom is 0.0743 e. The topological polar surface area (TPSA) is 35.5 Å². The third-order valence-corrected chi connectivity index (χ3v) is 3.79. The van der Waals surface area contributed by atoms with E-state index < -0.39 is 5.60 Å². The molecule has 2 N–H and O–H groups in total. The SMILES string of the molecule is CCCNCC1CCCN(CC(C)(O)CC)C1. The van der Waals surface area contributed by atoms with Crippen LogP contribution in [0.15, 0.2) is 0 Å². The zero-order valence-electron chi connectivity index (χ0n) is 11.8. The monoisotopic (exact) mass is 242 g/mol. The minimum absolute atomic E-state index is 0.515. The average Bonchev–Trinajstić information content (AvgIpc) is 2.29. The summed E-state index contributed by atoms with van der Waals surface area (Å²) in [6.07, 6.45) is 4.66. The van der Waals surface area contributed by atoms with Crippen LogP contribution < -0.4 is 5.32 Å². The van der Waals surface area contributed by atoms with E-state index in [0.717, 1.165) is 45.1 Å². The Kier molecular flexibility index (Phi) is 6.45. The molecular formula is C14H30N2O. The van der Waals surface area contributed by atoms with E-state index in [-0.39, 0.29) is 0 Å². The summed E-state index contributed by atoms with van der Waals surface area (Å²) in [4.78, 5) is 2.44. The number of likely N-dealkylation sites (tertiary alicyclic amines) is 1. The van der Waals surface area contributed by atoms with E-state index in [4.69, 9.17) is 0 Å². The van der Waals surface area contributed by atoms with Gasteiger partial charge in [0.15, 0.2) is 0 Å². The molecule has 2 unspecified atom stereocenters. The molecule has 102 valence electrons. The standard InChI is InChI=1S/C14H30N2O/c1-4-8-15-10-13-7-6-9-16(11-13)12-14(3,17)5-2/h13,15,17H,4-12H2,1-3H3. The van der Waals surface area contributed by atoms with Crippen LogP contribution in [0.5, 0.6) is 0 Å². The summed E-state index contributed by atoms with van der Waals surface area (Å²) >= 11 is 0. The molecule has 17 heavy (non-hydrogen) atoms. The molecule has 3 heteroatoms. The summed E-state index contributed by atoms with van der Waals surface area (Å²) in [5.41, 5.74) is -0.515.